The number of anilines is 1. The van der Waals surface area contributed by atoms with E-state index in [1.54, 1.807) is 62.1 Å². The van der Waals surface area contributed by atoms with Crippen LogP contribution in [-0.4, -0.2) is 65.6 Å². The van der Waals surface area contributed by atoms with Crippen LogP contribution in [0.15, 0.2) is 60.7 Å². The van der Waals surface area contributed by atoms with E-state index in [-0.39, 0.29) is 36.6 Å². The molecular formula is C35H41FN6O4. The van der Waals surface area contributed by atoms with Crippen LogP contribution in [0.1, 0.15) is 67.9 Å². The van der Waals surface area contributed by atoms with E-state index in [0.29, 0.717) is 60.7 Å². The molecule has 11 heteroatoms. The zero-order chi connectivity index (χ0) is 33.1. The summed E-state index contributed by atoms with van der Waals surface area (Å²) in [5.74, 6) is -0.343. The van der Waals surface area contributed by atoms with Crippen molar-refractivity contribution in [1.82, 2.24) is 20.5 Å². The second-order valence-electron chi connectivity index (χ2n) is 12.2. The first-order valence-corrected chi connectivity index (χ1v) is 15.6. The van der Waals surface area contributed by atoms with Gasteiger partial charge in [-0.05, 0) is 82.3 Å². The van der Waals surface area contributed by atoms with Gasteiger partial charge in [0.25, 0.3) is 5.91 Å². The Kier molecular flexibility index (Phi) is 11.7. The standard InChI is InChI=1S/C35H41FN6O4/c1-35(2,3)46-34(45)39-18-7-14-31(43)42-20-8-12-27(42)23-40-33(44)29-15-16-30(28-13-5-4-10-25(28)22-37)41-32(29)38-19-17-24-9-6-11-26(36)21-24/h4-6,9-11,13,15-16,21,27H,7-8,12,14,17-20,23H2,1-3H3,(H,38,41)(H,39,45)(H,40,44)/t27-/m1/s1. The van der Waals surface area contributed by atoms with Crippen molar-refractivity contribution in [3.63, 3.8) is 0 Å². The zero-order valence-corrected chi connectivity index (χ0v) is 26.6. The molecule has 3 N–H and O–H groups in total. The van der Waals surface area contributed by atoms with Crippen molar-refractivity contribution in [2.45, 2.75) is 64.5 Å². The van der Waals surface area contributed by atoms with Crippen LogP contribution in [0.2, 0.25) is 0 Å². The van der Waals surface area contributed by atoms with E-state index >= 15 is 0 Å². The molecule has 46 heavy (non-hydrogen) atoms. The van der Waals surface area contributed by atoms with E-state index in [4.69, 9.17) is 9.72 Å². The molecular weight excluding hydrogens is 587 g/mol. The van der Waals surface area contributed by atoms with Crippen LogP contribution in [0.5, 0.6) is 0 Å². The molecule has 3 amide bonds. The molecule has 0 bridgehead atoms. The lowest BCUT2D eigenvalue weighted by atomic mass is 10.0. The van der Waals surface area contributed by atoms with E-state index in [9.17, 15) is 24.0 Å². The first-order chi connectivity index (χ1) is 22.0. The quantitative estimate of drug-likeness (QED) is 0.227. The van der Waals surface area contributed by atoms with Crippen LogP contribution in [0.3, 0.4) is 0 Å². The minimum atomic E-state index is -0.590. The van der Waals surface area contributed by atoms with Crippen molar-refractivity contribution < 1.29 is 23.5 Å². The molecule has 2 aromatic carbocycles. The number of nitrogens with zero attached hydrogens (tertiary/aromatic N) is 3. The first kappa shape index (κ1) is 33.9. The van der Waals surface area contributed by atoms with Crippen molar-refractivity contribution >= 4 is 23.7 Å². The van der Waals surface area contributed by atoms with Gasteiger partial charge in [0.15, 0.2) is 0 Å². The highest BCUT2D eigenvalue weighted by atomic mass is 19.1. The maximum Gasteiger partial charge on any atom is 0.407 e. The lowest BCUT2D eigenvalue weighted by molar-refractivity contribution is -0.132. The van der Waals surface area contributed by atoms with Crippen LogP contribution in [0.4, 0.5) is 15.0 Å². The van der Waals surface area contributed by atoms with Gasteiger partial charge >= 0.3 is 6.09 Å². The number of halogens is 1. The third-order valence-corrected chi connectivity index (χ3v) is 7.49. The van der Waals surface area contributed by atoms with Gasteiger partial charge in [0.2, 0.25) is 5.91 Å². The van der Waals surface area contributed by atoms with Crippen LogP contribution in [0.25, 0.3) is 11.3 Å². The summed E-state index contributed by atoms with van der Waals surface area (Å²) in [4.78, 5) is 44.8. The number of pyridine rings is 1. The van der Waals surface area contributed by atoms with E-state index in [1.165, 1.54) is 12.1 Å². The predicted molar refractivity (Wildman–Crippen MR) is 174 cm³/mol. The maximum absolute atomic E-state index is 13.7. The summed E-state index contributed by atoms with van der Waals surface area (Å²) < 4.78 is 18.9. The number of ether oxygens (including phenoxy) is 1. The zero-order valence-electron chi connectivity index (χ0n) is 26.6. The second-order valence-corrected chi connectivity index (χ2v) is 12.2. The van der Waals surface area contributed by atoms with Gasteiger partial charge in [-0.2, -0.15) is 5.26 Å². The van der Waals surface area contributed by atoms with Crippen LogP contribution in [-0.2, 0) is 16.0 Å². The first-order valence-electron chi connectivity index (χ1n) is 15.6. The molecule has 1 aliphatic rings. The molecule has 0 spiro atoms. The van der Waals surface area contributed by atoms with Crippen molar-refractivity contribution in [3.05, 3.63) is 83.2 Å². The summed E-state index contributed by atoms with van der Waals surface area (Å²) in [6.07, 6.45) is 2.35. The van der Waals surface area contributed by atoms with E-state index < -0.39 is 11.7 Å². The van der Waals surface area contributed by atoms with Gasteiger partial charge in [-0.3, -0.25) is 9.59 Å². The molecule has 2 heterocycles. The Bertz CT molecular complexity index is 1580. The Morgan fingerprint density at radius 2 is 1.87 bits per heavy atom. The van der Waals surface area contributed by atoms with Gasteiger partial charge in [-0.25, -0.2) is 14.2 Å². The number of likely N-dealkylation sites (tertiary alicyclic amines) is 1. The summed E-state index contributed by atoms with van der Waals surface area (Å²) in [5, 5.41) is 18.5. The number of aromatic nitrogens is 1. The molecule has 0 aliphatic carbocycles. The molecule has 1 aromatic heterocycles. The van der Waals surface area contributed by atoms with Gasteiger partial charge in [0.05, 0.1) is 22.9 Å². The van der Waals surface area contributed by atoms with Crippen molar-refractivity contribution in [1.29, 1.82) is 5.26 Å². The molecule has 0 radical (unpaired) electrons. The molecule has 10 nitrogen and oxygen atoms in total. The highest BCUT2D eigenvalue weighted by Crippen LogP contribution is 2.25. The number of benzene rings is 2. The number of hydrogen-bond acceptors (Lipinski definition) is 7. The smallest absolute Gasteiger partial charge is 0.407 e. The van der Waals surface area contributed by atoms with E-state index in [2.05, 4.69) is 22.0 Å². The molecule has 3 aromatic rings. The maximum atomic E-state index is 13.7. The fourth-order valence-corrected chi connectivity index (χ4v) is 5.32. The van der Waals surface area contributed by atoms with Crippen LogP contribution < -0.4 is 16.0 Å². The topological polar surface area (TPSA) is 136 Å². The molecule has 0 unspecified atom stereocenters. The summed E-state index contributed by atoms with van der Waals surface area (Å²) in [6, 6.07) is 18.9. The number of rotatable bonds is 12. The summed E-state index contributed by atoms with van der Waals surface area (Å²) >= 11 is 0. The van der Waals surface area contributed by atoms with Gasteiger partial charge < -0.3 is 25.6 Å². The van der Waals surface area contributed by atoms with Crippen molar-refractivity contribution in [2.75, 3.05) is 31.5 Å². The third kappa shape index (κ3) is 9.76. The average Bonchev–Trinajstić information content (AvgIpc) is 3.50. The number of hydrogen-bond donors (Lipinski definition) is 3. The highest BCUT2D eigenvalue weighted by Gasteiger charge is 2.29. The molecule has 1 atom stereocenters. The van der Waals surface area contributed by atoms with Crippen LogP contribution in [0, 0.1) is 17.1 Å². The molecule has 242 valence electrons. The molecule has 1 aliphatic heterocycles. The lowest BCUT2D eigenvalue weighted by Gasteiger charge is -2.25. The normalized spacial score (nSPS) is 14.3. The number of alkyl carbamates (subject to hydrolysis) is 1. The Morgan fingerprint density at radius 3 is 2.63 bits per heavy atom. The fraction of sp³-hybridized carbons (Fsp3) is 0.400. The van der Waals surface area contributed by atoms with Crippen LogP contribution >= 0.6 is 0 Å². The highest BCUT2D eigenvalue weighted by molar-refractivity contribution is 5.99. The number of carbonyl (C=O) groups excluding carboxylic acids is 3. The third-order valence-electron chi connectivity index (χ3n) is 7.49. The summed E-state index contributed by atoms with van der Waals surface area (Å²) in [6.45, 7) is 6.98. The summed E-state index contributed by atoms with van der Waals surface area (Å²) in [7, 11) is 0. The van der Waals surface area contributed by atoms with Gasteiger partial charge in [0.1, 0.15) is 17.2 Å². The van der Waals surface area contributed by atoms with Gasteiger partial charge in [0, 0.05) is 44.2 Å². The molecule has 1 fully saturated rings. The molecule has 1 saturated heterocycles. The van der Waals surface area contributed by atoms with Crippen molar-refractivity contribution in [3.8, 4) is 17.3 Å². The van der Waals surface area contributed by atoms with Gasteiger partial charge in [-0.15, -0.1) is 0 Å². The summed E-state index contributed by atoms with van der Waals surface area (Å²) in [5.41, 5.74) is 2.18. The number of nitriles is 1. The largest absolute Gasteiger partial charge is 0.444 e. The molecule has 0 saturated carbocycles. The Morgan fingerprint density at radius 1 is 1.07 bits per heavy atom. The molecule has 4 rings (SSSR count). The number of carbonyl (C=O) groups is 3. The lowest BCUT2D eigenvalue weighted by Crippen LogP contribution is -2.43. The number of nitrogens with one attached hydrogen (secondary N) is 3. The second kappa shape index (κ2) is 15.8. The monoisotopic (exact) mass is 628 g/mol. The Balaban J connectivity index is 1.39. The average molecular weight is 629 g/mol. The predicted octanol–water partition coefficient (Wildman–Crippen LogP) is 5.44. The minimum Gasteiger partial charge on any atom is -0.444 e. The van der Waals surface area contributed by atoms with E-state index in [1.807, 2.05) is 12.1 Å². The van der Waals surface area contributed by atoms with Crippen molar-refractivity contribution in [2.24, 2.45) is 0 Å². The Hall–Kier alpha value is -4.98. The number of amides is 3. The Labute approximate surface area is 269 Å². The van der Waals surface area contributed by atoms with Gasteiger partial charge in [-0.1, -0.05) is 30.3 Å². The minimum absolute atomic E-state index is 0.0235. The fourth-order valence-electron chi connectivity index (χ4n) is 5.32. The SMILES string of the molecule is CC(C)(C)OC(=O)NCCCC(=O)N1CCC[C@@H]1CNC(=O)c1ccc(-c2ccccc2C#N)nc1NCCc1cccc(F)c1. The van der Waals surface area contributed by atoms with E-state index in [0.717, 1.165) is 18.4 Å².